The van der Waals surface area contributed by atoms with Gasteiger partial charge in [0.05, 0.1) is 42.0 Å². The SMILES string of the molecule is COC(=O)[C@H](Cc1ccc(OC)c(OC)c1)NC(=O)Cc1ccc(OC)c(OC)c1. The summed E-state index contributed by atoms with van der Waals surface area (Å²) >= 11 is 0. The van der Waals surface area contributed by atoms with Gasteiger partial charge in [-0.05, 0) is 35.4 Å². The molecule has 0 heterocycles. The van der Waals surface area contributed by atoms with Crippen molar-refractivity contribution in [2.45, 2.75) is 18.9 Å². The second kappa shape index (κ2) is 10.9. The van der Waals surface area contributed by atoms with E-state index >= 15 is 0 Å². The van der Waals surface area contributed by atoms with Crippen molar-refractivity contribution in [1.82, 2.24) is 5.32 Å². The second-order valence-electron chi connectivity index (χ2n) is 6.40. The van der Waals surface area contributed by atoms with Crippen molar-refractivity contribution in [1.29, 1.82) is 0 Å². The minimum atomic E-state index is -0.847. The van der Waals surface area contributed by atoms with Crippen molar-refractivity contribution in [3.8, 4) is 23.0 Å². The topological polar surface area (TPSA) is 92.3 Å². The number of carbonyl (C=O) groups excluding carboxylic acids is 2. The molecule has 8 heteroatoms. The Hall–Kier alpha value is -3.42. The Kier molecular flexibility index (Phi) is 8.34. The van der Waals surface area contributed by atoms with E-state index in [1.165, 1.54) is 21.3 Å². The summed E-state index contributed by atoms with van der Waals surface area (Å²) in [7, 11) is 7.43. The lowest BCUT2D eigenvalue weighted by molar-refractivity contribution is -0.145. The highest BCUT2D eigenvalue weighted by atomic mass is 16.5. The summed E-state index contributed by atoms with van der Waals surface area (Å²) in [4.78, 5) is 24.8. The molecule has 0 aliphatic rings. The molecule has 0 radical (unpaired) electrons. The number of hydrogen-bond donors (Lipinski definition) is 1. The van der Waals surface area contributed by atoms with E-state index in [2.05, 4.69) is 5.32 Å². The monoisotopic (exact) mass is 417 g/mol. The van der Waals surface area contributed by atoms with Crippen LogP contribution >= 0.6 is 0 Å². The van der Waals surface area contributed by atoms with Crippen molar-refractivity contribution < 1.29 is 33.3 Å². The fraction of sp³-hybridized carbons (Fsp3) is 0.364. The fourth-order valence-electron chi connectivity index (χ4n) is 3.00. The van der Waals surface area contributed by atoms with Crippen LogP contribution in [0.4, 0.5) is 0 Å². The lowest BCUT2D eigenvalue weighted by Gasteiger charge is -2.18. The summed E-state index contributed by atoms with van der Waals surface area (Å²) in [6.07, 6.45) is 0.310. The van der Waals surface area contributed by atoms with Crippen LogP contribution in [0, 0.1) is 0 Å². The maximum atomic E-state index is 12.6. The van der Waals surface area contributed by atoms with E-state index in [-0.39, 0.29) is 18.7 Å². The first-order valence-corrected chi connectivity index (χ1v) is 9.24. The molecule has 0 aromatic heterocycles. The molecule has 0 saturated heterocycles. The van der Waals surface area contributed by atoms with Crippen molar-refractivity contribution in [2.75, 3.05) is 35.5 Å². The predicted molar refractivity (Wildman–Crippen MR) is 110 cm³/mol. The standard InChI is InChI=1S/C22H27NO7/c1-26-17-8-6-14(11-19(17)28-3)10-16(22(25)30-5)23-21(24)13-15-7-9-18(27-2)20(12-15)29-4/h6-9,11-12,16H,10,13H2,1-5H3,(H,23,24)/t16-/m0/s1. The van der Waals surface area contributed by atoms with Crippen LogP contribution in [-0.4, -0.2) is 53.5 Å². The zero-order chi connectivity index (χ0) is 22.1. The van der Waals surface area contributed by atoms with Gasteiger partial charge in [0, 0.05) is 6.42 Å². The van der Waals surface area contributed by atoms with Gasteiger partial charge in [-0.2, -0.15) is 0 Å². The molecule has 1 amide bonds. The number of methoxy groups -OCH3 is 5. The molecule has 30 heavy (non-hydrogen) atoms. The van der Waals surface area contributed by atoms with Gasteiger partial charge in [0.15, 0.2) is 23.0 Å². The first kappa shape index (κ1) is 22.9. The molecule has 0 unspecified atom stereocenters. The quantitative estimate of drug-likeness (QED) is 0.592. The van der Waals surface area contributed by atoms with Crippen LogP contribution < -0.4 is 24.3 Å². The zero-order valence-corrected chi connectivity index (χ0v) is 17.8. The molecule has 8 nitrogen and oxygen atoms in total. The Morgan fingerprint density at radius 1 is 0.767 bits per heavy atom. The van der Waals surface area contributed by atoms with Crippen LogP contribution in [0.3, 0.4) is 0 Å². The van der Waals surface area contributed by atoms with Crippen molar-refractivity contribution in [2.24, 2.45) is 0 Å². The molecule has 0 spiro atoms. The molecule has 2 aromatic rings. The van der Waals surface area contributed by atoms with Gasteiger partial charge in [0.1, 0.15) is 6.04 Å². The molecule has 1 N–H and O–H groups in total. The number of ether oxygens (including phenoxy) is 5. The Morgan fingerprint density at radius 3 is 1.77 bits per heavy atom. The molecule has 0 saturated carbocycles. The molecule has 0 aliphatic carbocycles. The summed E-state index contributed by atoms with van der Waals surface area (Å²) in [6.45, 7) is 0. The maximum absolute atomic E-state index is 12.6. The number of esters is 1. The second-order valence-corrected chi connectivity index (χ2v) is 6.40. The van der Waals surface area contributed by atoms with Gasteiger partial charge >= 0.3 is 5.97 Å². The molecule has 162 valence electrons. The van der Waals surface area contributed by atoms with E-state index in [0.717, 1.165) is 11.1 Å². The Labute approximate surface area is 176 Å². The highest BCUT2D eigenvalue weighted by Crippen LogP contribution is 2.29. The summed E-state index contributed by atoms with van der Waals surface area (Å²) in [5.41, 5.74) is 1.51. The van der Waals surface area contributed by atoms with Gasteiger partial charge in [-0.1, -0.05) is 12.1 Å². The molecule has 1 atom stereocenters. The van der Waals surface area contributed by atoms with E-state index in [1.807, 2.05) is 0 Å². The normalized spacial score (nSPS) is 11.2. The van der Waals surface area contributed by atoms with E-state index in [0.29, 0.717) is 23.0 Å². The van der Waals surface area contributed by atoms with Crippen LogP contribution in [0.15, 0.2) is 36.4 Å². The summed E-state index contributed by atoms with van der Waals surface area (Å²) in [5.74, 6) is 1.35. The maximum Gasteiger partial charge on any atom is 0.328 e. The van der Waals surface area contributed by atoms with E-state index in [9.17, 15) is 9.59 Å². The zero-order valence-electron chi connectivity index (χ0n) is 17.8. The van der Waals surface area contributed by atoms with Crippen molar-refractivity contribution >= 4 is 11.9 Å². The Bertz CT molecular complexity index is 882. The van der Waals surface area contributed by atoms with E-state index < -0.39 is 12.0 Å². The van der Waals surface area contributed by atoms with Crippen LogP contribution in [0.25, 0.3) is 0 Å². The van der Waals surface area contributed by atoms with Crippen LogP contribution in [-0.2, 0) is 27.2 Å². The van der Waals surface area contributed by atoms with Crippen LogP contribution in [0.2, 0.25) is 0 Å². The minimum absolute atomic E-state index is 0.0692. The molecule has 0 fully saturated rings. The average Bonchev–Trinajstić information content (AvgIpc) is 2.77. The predicted octanol–water partition coefficient (Wildman–Crippen LogP) is 2.16. The van der Waals surface area contributed by atoms with Gasteiger partial charge in [-0.3, -0.25) is 4.79 Å². The minimum Gasteiger partial charge on any atom is -0.493 e. The summed E-state index contributed by atoms with van der Waals surface area (Å²) in [6, 6.07) is 9.67. The lowest BCUT2D eigenvalue weighted by Crippen LogP contribution is -2.43. The first-order valence-electron chi connectivity index (χ1n) is 9.24. The first-order chi connectivity index (χ1) is 14.4. The molecule has 2 rings (SSSR count). The molecule has 2 aromatic carbocycles. The van der Waals surface area contributed by atoms with Gasteiger partial charge in [0.2, 0.25) is 5.91 Å². The highest BCUT2D eigenvalue weighted by molar-refractivity contribution is 5.86. The lowest BCUT2D eigenvalue weighted by atomic mass is 10.0. The number of amides is 1. The third-order valence-corrected chi connectivity index (χ3v) is 4.52. The van der Waals surface area contributed by atoms with Crippen molar-refractivity contribution in [3.05, 3.63) is 47.5 Å². The van der Waals surface area contributed by atoms with Crippen molar-refractivity contribution in [3.63, 3.8) is 0 Å². The van der Waals surface area contributed by atoms with E-state index in [1.54, 1.807) is 50.6 Å². The van der Waals surface area contributed by atoms with Gasteiger partial charge < -0.3 is 29.0 Å². The summed E-state index contributed by atoms with van der Waals surface area (Å²) in [5, 5.41) is 2.74. The van der Waals surface area contributed by atoms with Crippen LogP contribution in [0.1, 0.15) is 11.1 Å². The molecule has 0 aliphatic heterocycles. The van der Waals surface area contributed by atoms with Gasteiger partial charge in [-0.15, -0.1) is 0 Å². The number of hydrogen-bond acceptors (Lipinski definition) is 7. The summed E-state index contributed by atoms with van der Waals surface area (Å²) < 4.78 is 25.8. The number of rotatable bonds is 10. The number of nitrogens with one attached hydrogen (secondary N) is 1. The average molecular weight is 417 g/mol. The van der Waals surface area contributed by atoms with E-state index in [4.69, 9.17) is 23.7 Å². The largest absolute Gasteiger partial charge is 0.493 e. The van der Waals surface area contributed by atoms with Crippen LogP contribution in [0.5, 0.6) is 23.0 Å². The highest BCUT2D eigenvalue weighted by Gasteiger charge is 2.23. The fourth-order valence-corrected chi connectivity index (χ4v) is 3.00. The van der Waals surface area contributed by atoms with Gasteiger partial charge in [0.25, 0.3) is 0 Å². The third kappa shape index (κ3) is 5.79. The van der Waals surface area contributed by atoms with Gasteiger partial charge in [-0.25, -0.2) is 4.79 Å². The molecular formula is C22H27NO7. The molecular weight excluding hydrogens is 390 g/mol. The Balaban J connectivity index is 2.13. The smallest absolute Gasteiger partial charge is 0.328 e. The Morgan fingerprint density at radius 2 is 1.27 bits per heavy atom. The molecule has 0 bridgehead atoms. The number of benzene rings is 2. The third-order valence-electron chi connectivity index (χ3n) is 4.52. The number of carbonyl (C=O) groups is 2.